The highest BCUT2D eigenvalue weighted by Gasteiger charge is 2.13. The minimum Gasteiger partial charge on any atom is -0.195 e. The van der Waals surface area contributed by atoms with E-state index >= 15 is 0 Å². The second-order valence-electron chi connectivity index (χ2n) is 2.83. The second-order valence-corrected chi connectivity index (χ2v) is 5.88. The van der Waals surface area contributed by atoms with Gasteiger partial charge in [0.05, 0.1) is 0 Å². The molecule has 0 aliphatic carbocycles. The Kier molecular flexibility index (Phi) is 3.78. The van der Waals surface area contributed by atoms with E-state index in [0.717, 1.165) is 9.87 Å². The summed E-state index contributed by atoms with van der Waals surface area (Å²) in [6.45, 7) is 0.215. The van der Waals surface area contributed by atoms with Crippen molar-refractivity contribution in [2.75, 3.05) is 7.05 Å². The number of halogens is 2. The molecule has 0 bridgehead atoms. The van der Waals surface area contributed by atoms with E-state index in [1.54, 1.807) is 24.3 Å². The smallest absolute Gasteiger partial charge is 0.195 e. The lowest BCUT2D eigenvalue weighted by Gasteiger charge is -2.11. The molecule has 0 atom stereocenters. The quantitative estimate of drug-likeness (QED) is 0.776. The normalized spacial score (nSPS) is 12.0. The molecule has 6 heteroatoms. The lowest BCUT2D eigenvalue weighted by Crippen LogP contribution is -2.21. The molecule has 0 aliphatic rings. The van der Waals surface area contributed by atoms with Gasteiger partial charge < -0.3 is 0 Å². The summed E-state index contributed by atoms with van der Waals surface area (Å²) in [5.74, 6) is 0. The van der Waals surface area contributed by atoms with Gasteiger partial charge in [-0.1, -0.05) is 23.7 Å². The minimum absolute atomic E-state index is 0.215. The number of nitrogens with zero attached hydrogens (tertiary/aromatic N) is 1. The fourth-order valence-corrected chi connectivity index (χ4v) is 1.63. The Morgan fingerprint density at radius 3 is 2.57 bits per heavy atom. The summed E-state index contributed by atoms with van der Waals surface area (Å²) in [4.78, 5) is 0. The van der Waals surface area contributed by atoms with Gasteiger partial charge in [-0.25, -0.2) is 0 Å². The molecule has 0 aliphatic heterocycles. The van der Waals surface area contributed by atoms with Gasteiger partial charge in [0.15, 0.2) is 0 Å². The summed E-state index contributed by atoms with van der Waals surface area (Å²) in [6.07, 6.45) is 0. The Morgan fingerprint density at radius 1 is 1.43 bits per heavy atom. The number of benzene rings is 1. The van der Waals surface area contributed by atoms with Crippen LogP contribution in [0.4, 0.5) is 0 Å². The molecule has 0 amide bonds. The van der Waals surface area contributed by atoms with Crippen LogP contribution in [-0.2, 0) is 15.8 Å². The van der Waals surface area contributed by atoms with Gasteiger partial charge in [0.25, 0.3) is 9.24 Å². The second kappa shape index (κ2) is 4.49. The summed E-state index contributed by atoms with van der Waals surface area (Å²) in [5, 5.41) is 0.572. The van der Waals surface area contributed by atoms with E-state index in [9.17, 15) is 8.42 Å². The molecule has 14 heavy (non-hydrogen) atoms. The maximum Gasteiger partial charge on any atom is 0.299 e. The molecule has 0 heterocycles. The van der Waals surface area contributed by atoms with Crippen molar-refractivity contribution in [2.24, 2.45) is 0 Å². The maximum atomic E-state index is 10.9. The zero-order valence-electron chi connectivity index (χ0n) is 7.44. The van der Waals surface area contributed by atoms with E-state index in [0.29, 0.717) is 5.02 Å². The van der Waals surface area contributed by atoms with Crippen molar-refractivity contribution < 1.29 is 8.42 Å². The molecule has 0 saturated heterocycles. The van der Waals surface area contributed by atoms with Crippen molar-refractivity contribution in [2.45, 2.75) is 6.54 Å². The Balaban J connectivity index is 2.80. The van der Waals surface area contributed by atoms with Crippen LogP contribution in [0.2, 0.25) is 5.02 Å². The van der Waals surface area contributed by atoms with E-state index in [1.807, 2.05) is 0 Å². The van der Waals surface area contributed by atoms with Crippen molar-refractivity contribution in [3.63, 3.8) is 0 Å². The summed E-state index contributed by atoms with van der Waals surface area (Å²) < 4.78 is 22.8. The predicted octanol–water partition coefficient (Wildman–Crippen LogP) is 2.26. The van der Waals surface area contributed by atoms with Crippen LogP contribution in [0.15, 0.2) is 24.3 Å². The molecule has 0 unspecified atom stereocenters. The molecule has 1 aromatic carbocycles. The molecule has 0 saturated carbocycles. The topological polar surface area (TPSA) is 37.4 Å². The zero-order valence-corrected chi connectivity index (χ0v) is 9.77. The largest absolute Gasteiger partial charge is 0.299 e. The van der Waals surface area contributed by atoms with E-state index in [2.05, 4.69) is 0 Å². The van der Waals surface area contributed by atoms with Gasteiger partial charge in [0.2, 0.25) is 0 Å². The average molecular weight is 254 g/mol. The average Bonchev–Trinajstić information content (AvgIpc) is 2.02. The Morgan fingerprint density at radius 2 is 2.07 bits per heavy atom. The van der Waals surface area contributed by atoms with E-state index < -0.39 is 9.24 Å². The fraction of sp³-hybridized carbons (Fsp3) is 0.250. The summed E-state index contributed by atoms with van der Waals surface area (Å²) in [6, 6.07) is 6.96. The standard InChI is InChI=1S/C8H9Cl2NO2S/c1-11(14(10,12)13)6-7-3-2-4-8(9)5-7/h2-5H,6H2,1H3. The van der Waals surface area contributed by atoms with Crippen LogP contribution in [0.3, 0.4) is 0 Å². The first-order valence-corrected chi connectivity index (χ1v) is 6.44. The van der Waals surface area contributed by atoms with Crippen molar-refractivity contribution in [1.82, 2.24) is 4.31 Å². The summed E-state index contributed by atoms with van der Waals surface area (Å²) in [5.41, 5.74) is 0.796. The molecule has 0 fully saturated rings. The SMILES string of the molecule is CN(Cc1cccc(Cl)c1)S(=O)(=O)Cl. The molecule has 0 aromatic heterocycles. The highest BCUT2D eigenvalue weighted by atomic mass is 35.7. The van der Waals surface area contributed by atoms with Crippen molar-refractivity contribution >= 4 is 31.5 Å². The lowest BCUT2D eigenvalue weighted by molar-refractivity contribution is 0.480. The van der Waals surface area contributed by atoms with Crippen LogP contribution in [0.5, 0.6) is 0 Å². The van der Waals surface area contributed by atoms with Crippen LogP contribution in [0.1, 0.15) is 5.56 Å². The van der Waals surface area contributed by atoms with Crippen LogP contribution in [0.25, 0.3) is 0 Å². The van der Waals surface area contributed by atoms with Crippen LogP contribution in [0, 0.1) is 0 Å². The molecule has 78 valence electrons. The number of rotatable bonds is 3. The third kappa shape index (κ3) is 3.46. The first kappa shape index (κ1) is 11.8. The molecular formula is C8H9Cl2NO2S. The Bertz CT molecular complexity index is 419. The van der Waals surface area contributed by atoms with E-state index in [4.69, 9.17) is 22.3 Å². The van der Waals surface area contributed by atoms with Gasteiger partial charge in [-0.2, -0.15) is 12.7 Å². The van der Waals surface area contributed by atoms with Crippen LogP contribution >= 0.6 is 22.3 Å². The van der Waals surface area contributed by atoms with E-state index in [-0.39, 0.29) is 6.54 Å². The van der Waals surface area contributed by atoms with Gasteiger partial charge >= 0.3 is 0 Å². The number of hydrogen-bond acceptors (Lipinski definition) is 2. The van der Waals surface area contributed by atoms with Gasteiger partial charge in [-0.3, -0.25) is 0 Å². The van der Waals surface area contributed by atoms with Crippen molar-refractivity contribution in [3.8, 4) is 0 Å². The first-order valence-electron chi connectivity index (χ1n) is 3.80. The lowest BCUT2D eigenvalue weighted by atomic mass is 10.2. The number of hydrogen-bond donors (Lipinski definition) is 0. The monoisotopic (exact) mass is 253 g/mol. The molecule has 1 rings (SSSR count). The molecule has 1 aromatic rings. The first-order chi connectivity index (χ1) is 6.39. The third-order valence-electron chi connectivity index (χ3n) is 1.67. The van der Waals surface area contributed by atoms with E-state index in [1.165, 1.54) is 7.05 Å². The fourth-order valence-electron chi connectivity index (χ4n) is 0.970. The highest BCUT2D eigenvalue weighted by molar-refractivity contribution is 8.11. The van der Waals surface area contributed by atoms with Gasteiger partial charge in [0.1, 0.15) is 0 Å². The van der Waals surface area contributed by atoms with Gasteiger partial charge in [-0.05, 0) is 17.7 Å². The van der Waals surface area contributed by atoms with Crippen LogP contribution in [-0.4, -0.2) is 19.8 Å². The van der Waals surface area contributed by atoms with Crippen LogP contribution < -0.4 is 0 Å². The molecule has 0 radical (unpaired) electrons. The summed E-state index contributed by atoms with van der Waals surface area (Å²) >= 11 is 5.74. The molecular weight excluding hydrogens is 245 g/mol. The van der Waals surface area contributed by atoms with Gasteiger partial charge in [-0.15, -0.1) is 0 Å². The predicted molar refractivity (Wildman–Crippen MR) is 57.7 cm³/mol. The maximum absolute atomic E-state index is 10.9. The molecule has 0 spiro atoms. The zero-order chi connectivity index (χ0) is 10.8. The molecule has 3 nitrogen and oxygen atoms in total. The van der Waals surface area contributed by atoms with Crippen molar-refractivity contribution in [3.05, 3.63) is 34.9 Å². The molecule has 0 N–H and O–H groups in total. The van der Waals surface area contributed by atoms with Crippen molar-refractivity contribution in [1.29, 1.82) is 0 Å². The Labute approximate surface area is 92.8 Å². The Hall–Kier alpha value is -0.290. The van der Waals surface area contributed by atoms with Gasteiger partial charge in [0, 0.05) is 29.3 Å². The third-order valence-corrected chi connectivity index (χ3v) is 3.48. The highest BCUT2D eigenvalue weighted by Crippen LogP contribution is 2.14. The summed E-state index contributed by atoms with van der Waals surface area (Å²) in [7, 11) is 2.89. The minimum atomic E-state index is -3.65.